The first-order chi connectivity index (χ1) is 37.2. The van der Waals surface area contributed by atoms with E-state index in [1.165, 1.54) is 21.9 Å². The Kier molecular flexibility index (Phi) is 9.78. The largest absolute Gasteiger partial charge is 0.456 e. The van der Waals surface area contributed by atoms with Crippen LogP contribution in [-0.2, 0) is 0 Å². The van der Waals surface area contributed by atoms with E-state index in [2.05, 4.69) is 205 Å². The van der Waals surface area contributed by atoms with Crippen LogP contribution in [0.15, 0.2) is 264 Å². The van der Waals surface area contributed by atoms with Crippen molar-refractivity contribution in [1.29, 1.82) is 0 Å². The van der Waals surface area contributed by atoms with Gasteiger partial charge in [0.1, 0.15) is 22.3 Å². The van der Waals surface area contributed by atoms with E-state index in [4.69, 9.17) is 23.8 Å². The molecule has 0 aliphatic rings. The minimum Gasteiger partial charge on any atom is -0.456 e. The van der Waals surface area contributed by atoms with Crippen molar-refractivity contribution >= 4 is 65.7 Å². The van der Waals surface area contributed by atoms with Crippen LogP contribution in [0, 0.1) is 0 Å². The van der Waals surface area contributed by atoms with Crippen LogP contribution >= 0.6 is 0 Å². The zero-order valence-electron chi connectivity index (χ0n) is 40.4. The van der Waals surface area contributed by atoms with Gasteiger partial charge in [0.05, 0.1) is 22.3 Å². The average molecular weight is 959 g/mol. The van der Waals surface area contributed by atoms with Gasteiger partial charge in [-0.15, -0.1) is 0 Å². The Morgan fingerprint density at radius 2 is 0.693 bits per heavy atom. The first kappa shape index (κ1) is 42.5. The molecule has 0 aliphatic heterocycles. The van der Waals surface area contributed by atoms with Crippen LogP contribution in [-0.4, -0.2) is 19.5 Å². The van der Waals surface area contributed by atoms with Gasteiger partial charge in [-0.1, -0.05) is 182 Å². The van der Waals surface area contributed by atoms with E-state index in [9.17, 15) is 0 Å². The molecule has 0 amide bonds. The highest BCUT2D eigenvalue weighted by atomic mass is 16.3. The van der Waals surface area contributed by atoms with Gasteiger partial charge in [0.15, 0.2) is 17.5 Å². The van der Waals surface area contributed by atoms with Crippen LogP contribution < -0.4 is 0 Å². The van der Waals surface area contributed by atoms with Crippen molar-refractivity contribution in [3.8, 4) is 84.4 Å². The molecule has 0 spiro atoms. The van der Waals surface area contributed by atoms with Gasteiger partial charge in [-0.05, 0) is 106 Å². The Balaban J connectivity index is 1.03. The van der Waals surface area contributed by atoms with E-state index in [1.807, 2.05) is 54.6 Å². The first-order valence-corrected chi connectivity index (χ1v) is 25.2. The molecule has 0 unspecified atom stereocenters. The Labute approximate surface area is 431 Å². The molecular formula is C69H42N4O2. The van der Waals surface area contributed by atoms with Crippen molar-refractivity contribution in [2.24, 2.45) is 0 Å². The van der Waals surface area contributed by atoms with Gasteiger partial charge in [-0.2, -0.15) is 0 Å². The molecule has 0 radical (unpaired) electrons. The highest BCUT2D eigenvalue weighted by Crippen LogP contribution is 2.46. The Morgan fingerprint density at radius 1 is 0.253 bits per heavy atom. The van der Waals surface area contributed by atoms with Crippen LogP contribution in [0.4, 0.5) is 0 Å². The maximum absolute atomic E-state index is 6.66. The first-order valence-electron chi connectivity index (χ1n) is 25.2. The van der Waals surface area contributed by atoms with Crippen LogP contribution in [0.5, 0.6) is 0 Å². The van der Waals surface area contributed by atoms with Crippen molar-refractivity contribution in [3.05, 3.63) is 255 Å². The predicted molar refractivity (Wildman–Crippen MR) is 307 cm³/mol. The molecule has 350 valence electrons. The fraction of sp³-hybridized carbons (Fsp3) is 0. The summed E-state index contributed by atoms with van der Waals surface area (Å²) in [5.74, 6) is 1.57. The molecular weight excluding hydrogens is 917 g/mol. The summed E-state index contributed by atoms with van der Waals surface area (Å²) < 4.78 is 15.4. The quantitative estimate of drug-likeness (QED) is 0.152. The SMILES string of the molecule is c1ccc(-c2ccc3c(c2)c2cc(-c4ccccc4)ccc2n3-c2c(-c3ccccc3)cc(-c3nc(-c4ccc5oc6ccccc6c5c4)nc(-c4cccc5c4oc4ccccc45)n3)cc2-c2ccccc2)cc1. The molecule has 75 heavy (non-hydrogen) atoms. The van der Waals surface area contributed by atoms with Gasteiger partial charge < -0.3 is 13.4 Å². The molecule has 0 aliphatic carbocycles. The van der Waals surface area contributed by atoms with Gasteiger partial charge in [-0.3, -0.25) is 0 Å². The summed E-state index contributed by atoms with van der Waals surface area (Å²) in [5.41, 5.74) is 17.7. The van der Waals surface area contributed by atoms with Gasteiger partial charge in [0, 0.05) is 54.6 Å². The van der Waals surface area contributed by atoms with Crippen molar-refractivity contribution in [2.45, 2.75) is 0 Å². The Hall–Kier alpha value is -10.2. The molecule has 4 heterocycles. The van der Waals surface area contributed by atoms with Gasteiger partial charge in [0.25, 0.3) is 0 Å². The van der Waals surface area contributed by atoms with Gasteiger partial charge in [0.2, 0.25) is 0 Å². The summed E-state index contributed by atoms with van der Waals surface area (Å²) >= 11 is 0. The molecule has 0 fully saturated rings. The average Bonchev–Trinajstić information content (AvgIpc) is 4.21. The van der Waals surface area contributed by atoms with Crippen LogP contribution in [0.2, 0.25) is 0 Å². The molecule has 0 saturated heterocycles. The summed E-state index contributed by atoms with van der Waals surface area (Å²) in [6.07, 6.45) is 0. The lowest BCUT2D eigenvalue weighted by Gasteiger charge is -2.21. The lowest BCUT2D eigenvalue weighted by Crippen LogP contribution is -2.04. The Morgan fingerprint density at radius 3 is 1.28 bits per heavy atom. The third kappa shape index (κ3) is 7.14. The number of fused-ring (bicyclic) bond motifs is 9. The number of benzene rings is 11. The fourth-order valence-corrected chi connectivity index (χ4v) is 11.1. The molecule has 15 aromatic rings. The van der Waals surface area contributed by atoms with E-state index in [0.717, 1.165) is 111 Å². The van der Waals surface area contributed by atoms with E-state index in [0.29, 0.717) is 17.5 Å². The van der Waals surface area contributed by atoms with Crippen LogP contribution in [0.25, 0.3) is 150 Å². The lowest BCUT2D eigenvalue weighted by atomic mass is 9.92. The fourth-order valence-electron chi connectivity index (χ4n) is 11.1. The summed E-state index contributed by atoms with van der Waals surface area (Å²) in [7, 11) is 0. The van der Waals surface area contributed by atoms with Crippen LogP contribution in [0.3, 0.4) is 0 Å². The minimum atomic E-state index is 0.509. The number of furan rings is 2. The summed E-state index contributed by atoms with van der Waals surface area (Å²) in [4.78, 5) is 16.2. The molecule has 0 N–H and O–H groups in total. The Bertz CT molecular complexity index is 4530. The monoisotopic (exact) mass is 958 g/mol. The second-order valence-electron chi connectivity index (χ2n) is 19.1. The third-order valence-electron chi connectivity index (χ3n) is 14.7. The molecule has 0 saturated carbocycles. The minimum absolute atomic E-state index is 0.509. The van der Waals surface area contributed by atoms with E-state index in [1.54, 1.807) is 0 Å². The van der Waals surface area contributed by atoms with Crippen LogP contribution in [0.1, 0.15) is 0 Å². The molecule has 0 atom stereocenters. The van der Waals surface area contributed by atoms with E-state index < -0.39 is 0 Å². The summed E-state index contributed by atoms with van der Waals surface area (Å²) in [6.45, 7) is 0. The number of aromatic nitrogens is 4. The zero-order chi connectivity index (χ0) is 49.4. The van der Waals surface area contributed by atoms with E-state index >= 15 is 0 Å². The van der Waals surface area contributed by atoms with E-state index in [-0.39, 0.29) is 0 Å². The third-order valence-corrected chi connectivity index (χ3v) is 14.7. The lowest BCUT2D eigenvalue weighted by molar-refractivity contribution is 0.669. The highest BCUT2D eigenvalue weighted by molar-refractivity contribution is 6.14. The summed E-state index contributed by atoms with van der Waals surface area (Å²) in [6, 6.07) is 89.7. The normalized spacial score (nSPS) is 11.7. The summed E-state index contributed by atoms with van der Waals surface area (Å²) in [5, 5.41) is 6.39. The number of hydrogen-bond donors (Lipinski definition) is 0. The maximum atomic E-state index is 6.66. The number of nitrogens with zero attached hydrogens (tertiary/aromatic N) is 4. The van der Waals surface area contributed by atoms with Crippen molar-refractivity contribution in [3.63, 3.8) is 0 Å². The number of hydrogen-bond acceptors (Lipinski definition) is 5. The van der Waals surface area contributed by atoms with Crippen molar-refractivity contribution in [1.82, 2.24) is 19.5 Å². The zero-order valence-corrected chi connectivity index (χ0v) is 40.4. The molecule has 15 rings (SSSR count). The predicted octanol–water partition coefficient (Wildman–Crippen LogP) is 18.4. The topological polar surface area (TPSA) is 69.9 Å². The van der Waals surface area contributed by atoms with Crippen molar-refractivity contribution < 1.29 is 8.83 Å². The number of para-hydroxylation sites is 3. The standard InChI is InChI=1S/C69H42N4O2/c1-5-18-43(19-6-1)47-32-35-60-57(38-47)58-39-48(44-20-7-2-8-21-44)33-36-61(58)73(60)65-55(45-22-9-3-10-23-45)41-50(42-56(65)46-24-11-4-12-25-46)68-70-67(49-34-37-64-59(40-49)52-27-14-15-30-62(52)74-64)71-69(72-68)54-29-17-28-53-51-26-13-16-31-63(51)75-66(53)54/h1-42H. The van der Waals surface area contributed by atoms with Gasteiger partial charge >= 0.3 is 0 Å². The molecule has 6 heteroatoms. The molecule has 11 aromatic carbocycles. The maximum Gasteiger partial charge on any atom is 0.167 e. The smallest absolute Gasteiger partial charge is 0.167 e. The number of rotatable bonds is 8. The molecule has 6 nitrogen and oxygen atoms in total. The van der Waals surface area contributed by atoms with Crippen molar-refractivity contribution in [2.75, 3.05) is 0 Å². The van der Waals surface area contributed by atoms with Gasteiger partial charge in [-0.25, -0.2) is 15.0 Å². The molecule has 0 bridgehead atoms. The molecule has 4 aromatic heterocycles. The highest BCUT2D eigenvalue weighted by Gasteiger charge is 2.25. The second kappa shape index (κ2) is 17.3. The second-order valence-corrected chi connectivity index (χ2v) is 19.1.